The number of pyridine rings is 1. The number of aromatic nitrogens is 1. The average molecular weight is 215 g/mol. The van der Waals surface area contributed by atoms with Crippen molar-refractivity contribution in [3.63, 3.8) is 0 Å². The Morgan fingerprint density at radius 3 is 2.79 bits per heavy atom. The van der Waals surface area contributed by atoms with Gasteiger partial charge in [0.15, 0.2) is 5.67 Å². The SMILES string of the molecule is FC1(c2cc(Cl)ccn2)CCNCC1. The normalized spacial score (nSPS) is 20.7. The summed E-state index contributed by atoms with van der Waals surface area (Å²) in [5.41, 5.74) is -0.831. The number of nitrogens with one attached hydrogen (secondary N) is 1. The topological polar surface area (TPSA) is 24.9 Å². The second-order valence-corrected chi connectivity index (χ2v) is 4.01. The Balaban J connectivity index is 2.28. The van der Waals surface area contributed by atoms with E-state index < -0.39 is 5.67 Å². The Bertz CT molecular complexity index is 324. The second-order valence-electron chi connectivity index (χ2n) is 3.57. The van der Waals surface area contributed by atoms with Gasteiger partial charge >= 0.3 is 0 Å². The lowest BCUT2D eigenvalue weighted by atomic mass is 9.90. The van der Waals surface area contributed by atoms with Gasteiger partial charge < -0.3 is 5.32 Å². The number of halogens is 2. The molecular formula is C10H12ClFN2. The highest BCUT2D eigenvalue weighted by atomic mass is 35.5. The monoisotopic (exact) mass is 214 g/mol. The molecule has 0 saturated carbocycles. The van der Waals surface area contributed by atoms with Gasteiger partial charge in [-0.1, -0.05) is 11.6 Å². The van der Waals surface area contributed by atoms with Gasteiger partial charge in [0, 0.05) is 11.2 Å². The first-order valence-corrected chi connectivity index (χ1v) is 5.10. The van der Waals surface area contributed by atoms with Gasteiger partial charge in [-0.3, -0.25) is 4.98 Å². The van der Waals surface area contributed by atoms with E-state index in [1.54, 1.807) is 18.3 Å². The fourth-order valence-corrected chi connectivity index (χ4v) is 1.89. The van der Waals surface area contributed by atoms with Crippen molar-refractivity contribution in [2.75, 3.05) is 13.1 Å². The number of rotatable bonds is 1. The summed E-state index contributed by atoms with van der Waals surface area (Å²) in [6, 6.07) is 3.28. The molecule has 0 atom stereocenters. The minimum absolute atomic E-state index is 0.464. The molecule has 1 fully saturated rings. The molecule has 1 aromatic rings. The van der Waals surface area contributed by atoms with Crippen LogP contribution in [0, 0.1) is 0 Å². The maximum absolute atomic E-state index is 14.3. The number of piperidine rings is 1. The van der Waals surface area contributed by atoms with Crippen LogP contribution in [0.15, 0.2) is 18.3 Å². The minimum Gasteiger partial charge on any atom is -0.316 e. The highest BCUT2D eigenvalue weighted by Crippen LogP contribution is 2.34. The fraction of sp³-hybridized carbons (Fsp3) is 0.500. The summed E-state index contributed by atoms with van der Waals surface area (Å²) in [5, 5.41) is 3.67. The van der Waals surface area contributed by atoms with Crippen LogP contribution in [0.4, 0.5) is 4.39 Å². The van der Waals surface area contributed by atoms with Gasteiger partial charge in [-0.2, -0.15) is 0 Å². The van der Waals surface area contributed by atoms with Crippen molar-refractivity contribution in [3.8, 4) is 0 Å². The van der Waals surface area contributed by atoms with Crippen molar-refractivity contribution in [2.24, 2.45) is 0 Å². The highest BCUT2D eigenvalue weighted by Gasteiger charge is 2.34. The molecular weight excluding hydrogens is 203 g/mol. The lowest BCUT2D eigenvalue weighted by Gasteiger charge is -2.29. The summed E-state index contributed by atoms with van der Waals surface area (Å²) in [6.45, 7) is 1.40. The third-order valence-electron chi connectivity index (χ3n) is 2.58. The summed E-state index contributed by atoms with van der Waals surface area (Å²) >= 11 is 5.80. The molecule has 0 aliphatic carbocycles. The van der Waals surface area contributed by atoms with Crippen LogP contribution >= 0.6 is 11.6 Å². The van der Waals surface area contributed by atoms with Crippen molar-refractivity contribution in [1.82, 2.24) is 10.3 Å². The van der Waals surface area contributed by atoms with Crippen LogP contribution in [0.1, 0.15) is 18.5 Å². The number of nitrogens with zero attached hydrogens (tertiary/aromatic N) is 1. The van der Waals surface area contributed by atoms with Crippen molar-refractivity contribution in [1.29, 1.82) is 0 Å². The van der Waals surface area contributed by atoms with Crippen LogP contribution in [0.3, 0.4) is 0 Å². The van der Waals surface area contributed by atoms with Crippen LogP contribution < -0.4 is 5.32 Å². The van der Waals surface area contributed by atoms with Gasteiger partial charge in [0.05, 0.1) is 5.69 Å². The largest absolute Gasteiger partial charge is 0.316 e. The molecule has 4 heteroatoms. The van der Waals surface area contributed by atoms with Gasteiger partial charge in [0.25, 0.3) is 0 Å². The summed E-state index contributed by atoms with van der Waals surface area (Å²) < 4.78 is 14.3. The second kappa shape index (κ2) is 3.83. The van der Waals surface area contributed by atoms with Gasteiger partial charge in [0.2, 0.25) is 0 Å². The Morgan fingerprint density at radius 1 is 1.43 bits per heavy atom. The van der Waals surface area contributed by atoms with Crippen LogP contribution in [0.5, 0.6) is 0 Å². The molecule has 0 amide bonds. The lowest BCUT2D eigenvalue weighted by Crippen LogP contribution is -2.37. The van der Waals surface area contributed by atoms with Crippen LogP contribution in [0.25, 0.3) is 0 Å². The zero-order valence-corrected chi connectivity index (χ0v) is 8.52. The Kier molecular flexibility index (Phi) is 2.70. The molecule has 0 bridgehead atoms. The third kappa shape index (κ3) is 1.88. The first-order valence-electron chi connectivity index (χ1n) is 4.72. The van der Waals surface area contributed by atoms with Gasteiger partial charge in [-0.05, 0) is 38.1 Å². The van der Waals surface area contributed by atoms with Crippen LogP contribution in [0.2, 0.25) is 5.02 Å². The van der Waals surface area contributed by atoms with Crippen molar-refractivity contribution in [3.05, 3.63) is 29.0 Å². The van der Waals surface area contributed by atoms with Crippen LogP contribution in [-0.2, 0) is 5.67 Å². The molecule has 2 nitrogen and oxygen atoms in total. The minimum atomic E-state index is -1.30. The zero-order chi connectivity index (χ0) is 10.0. The molecule has 1 saturated heterocycles. The van der Waals surface area contributed by atoms with E-state index in [-0.39, 0.29) is 0 Å². The maximum atomic E-state index is 14.3. The van der Waals surface area contributed by atoms with Gasteiger partial charge in [-0.25, -0.2) is 4.39 Å². The molecule has 0 aromatic carbocycles. The summed E-state index contributed by atoms with van der Waals surface area (Å²) in [4.78, 5) is 4.05. The quantitative estimate of drug-likeness (QED) is 0.776. The summed E-state index contributed by atoms with van der Waals surface area (Å²) in [5.74, 6) is 0. The molecule has 1 N–H and O–H groups in total. The van der Waals surface area contributed by atoms with Crippen molar-refractivity contribution < 1.29 is 4.39 Å². The van der Waals surface area contributed by atoms with Crippen molar-refractivity contribution in [2.45, 2.75) is 18.5 Å². The molecule has 0 spiro atoms. The number of hydrogen-bond acceptors (Lipinski definition) is 2. The molecule has 2 rings (SSSR count). The summed E-state index contributed by atoms with van der Waals surface area (Å²) in [7, 11) is 0. The highest BCUT2D eigenvalue weighted by molar-refractivity contribution is 6.30. The van der Waals surface area contributed by atoms with E-state index in [0.29, 0.717) is 36.6 Å². The van der Waals surface area contributed by atoms with E-state index in [4.69, 9.17) is 11.6 Å². The van der Waals surface area contributed by atoms with E-state index in [9.17, 15) is 4.39 Å². The molecule has 1 aliphatic heterocycles. The Morgan fingerprint density at radius 2 is 2.14 bits per heavy atom. The third-order valence-corrected chi connectivity index (χ3v) is 2.81. The molecule has 76 valence electrons. The first-order chi connectivity index (χ1) is 6.71. The maximum Gasteiger partial charge on any atom is 0.155 e. The average Bonchev–Trinajstić information content (AvgIpc) is 2.19. The van der Waals surface area contributed by atoms with E-state index in [0.717, 1.165) is 0 Å². The number of hydrogen-bond donors (Lipinski definition) is 1. The van der Waals surface area contributed by atoms with E-state index in [1.165, 1.54) is 0 Å². The Hall–Kier alpha value is -0.670. The van der Waals surface area contributed by atoms with E-state index in [2.05, 4.69) is 10.3 Å². The van der Waals surface area contributed by atoms with Crippen molar-refractivity contribution >= 4 is 11.6 Å². The standard InChI is InChI=1S/C10H12ClFN2/c11-8-1-4-14-9(7-8)10(12)2-5-13-6-3-10/h1,4,7,13H,2-3,5-6H2. The number of alkyl halides is 1. The Labute approximate surface area is 87.5 Å². The molecule has 1 aromatic heterocycles. The predicted octanol–water partition coefficient (Wildman–Crippen LogP) is 2.28. The van der Waals surface area contributed by atoms with E-state index >= 15 is 0 Å². The zero-order valence-electron chi connectivity index (χ0n) is 7.76. The van der Waals surface area contributed by atoms with Crippen LogP contribution in [-0.4, -0.2) is 18.1 Å². The van der Waals surface area contributed by atoms with Gasteiger partial charge in [-0.15, -0.1) is 0 Å². The first kappa shape index (κ1) is 9.87. The predicted molar refractivity (Wildman–Crippen MR) is 54.1 cm³/mol. The molecule has 14 heavy (non-hydrogen) atoms. The van der Waals surface area contributed by atoms with Gasteiger partial charge in [0.1, 0.15) is 0 Å². The van der Waals surface area contributed by atoms with E-state index in [1.807, 2.05) is 0 Å². The molecule has 2 heterocycles. The fourth-order valence-electron chi connectivity index (χ4n) is 1.73. The smallest absolute Gasteiger partial charge is 0.155 e. The molecule has 1 aliphatic rings. The summed E-state index contributed by atoms with van der Waals surface area (Å²) in [6.07, 6.45) is 2.50. The molecule has 0 unspecified atom stereocenters. The molecule has 0 radical (unpaired) electrons. The lowest BCUT2D eigenvalue weighted by molar-refractivity contribution is 0.110.